The highest BCUT2D eigenvalue weighted by Crippen LogP contribution is 2.62. The smallest absolute Gasteiger partial charge is 0.200 e. The lowest BCUT2D eigenvalue weighted by Gasteiger charge is -2.57. The van der Waals surface area contributed by atoms with E-state index in [0.29, 0.717) is 11.3 Å². The van der Waals surface area contributed by atoms with Crippen molar-refractivity contribution >= 4 is 9.84 Å². The predicted molar refractivity (Wildman–Crippen MR) is 125 cm³/mol. The molecule has 0 atom stereocenters. The molecular formula is C27H32O3S. The van der Waals surface area contributed by atoms with E-state index in [2.05, 4.69) is 12.1 Å². The minimum absolute atomic E-state index is 0.187. The average Bonchev–Trinajstić information content (AvgIpc) is 2.76. The summed E-state index contributed by atoms with van der Waals surface area (Å²) in [6, 6.07) is 13.7. The molecule has 0 radical (unpaired) electrons. The highest BCUT2D eigenvalue weighted by Gasteiger charge is 2.52. The van der Waals surface area contributed by atoms with Crippen LogP contribution < -0.4 is 4.74 Å². The molecule has 3 nitrogen and oxygen atoms in total. The number of rotatable bonds is 6. The molecule has 4 heteroatoms. The standard InChI is InChI=1S/C27H32O3S/c1-3-4-11-31(28,29)26-8-6-5-7-23(26)22-9-10-25(30-2)24(15-22)27-16-19-12-20(17-27)14-21(13-19)18-27/h4-11,15,19-21H,3,12-14,16-18H2,1-2H3. The van der Waals surface area contributed by atoms with E-state index in [1.807, 2.05) is 25.1 Å². The van der Waals surface area contributed by atoms with Crippen LogP contribution in [-0.2, 0) is 15.3 Å². The van der Waals surface area contributed by atoms with Gasteiger partial charge >= 0.3 is 0 Å². The maximum Gasteiger partial charge on any atom is 0.200 e. The maximum absolute atomic E-state index is 13.0. The minimum Gasteiger partial charge on any atom is -0.496 e. The summed E-state index contributed by atoms with van der Waals surface area (Å²) in [5, 5.41) is 1.34. The largest absolute Gasteiger partial charge is 0.496 e. The van der Waals surface area contributed by atoms with E-state index >= 15 is 0 Å². The second-order valence-corrected chi connectivity index (χ2v) is 11.7. The van der Waals surface area contributed by atoms with Crippen molar-refractivity contribution in [2.45, 2.75) is 62.2 Å². The zero-order chi connectivity index (χ0) is 21.6. The fourth-order valence-electron chi connectivity index (χ4n) is 6.98. The lowest BCUT2D eigenvalue weighted by atomic mass is 9.48. The molecular weight excluding hydrogens is 404 g/mol. The summed E-state index contributed by atoms with van der Waals surface area (Å²) in [5.41, 5.74) is 3.22. The Morgan fingerprint density at radius 2 is 1.65 bits per heavy atom. The number of ether oxygens (including phenoxy) is 1. The number of methoxy groups -OCH3 is 1. The van der Waals surface area contributed by atoms with E-state index in [1.165, 1.54) is 49.5 Å². The van der Waals surface area contributed by atoms with Crippen LogP contribution >= 0.6 is 0 Å². The van der Waals surface area contributed by atoms with Crippen LogP contribution in [0.1, 0.15) is 57.4 Å². The van der Waals surface area contributed by atoms with Gasteiger partial charge in [-0.15, -0.1) is 0 Å². The summed E-state index contributed by atoms with van der Waals surface area (Å²) in [5.74, 6) is 3.47. The lowest BCUT2D eigenvalue weighted by Crippen LogP contribution is -2.48. The van der Waals surface area contributed by atoms with Crippen molar-refractivity contribution in [2.75, 3.05) is 7.11 Å². The number of allylic oxidation sites excluding steroid dienone is 1. The Morgan fingerprint density at radius 3 is 2.26 bits per heavy atom. The van der Waals surface area contributed by atoms with Crippen molar-refractivity contribution in [3.05, 3.63) is 59.5 Å². The molecule has 164 valence electrons. The molecule has 0 N–H and O–H groups in total. The summed E-state index contributed by atoms with van der Waals surface area (Å²) in [4.78, 5) is 0.376. The molecule has 0 saturated heterocycles. The van der Waals surface area contributed by atoms with Crippen molar-refractivity contribution in [1.82, 2.24) is 0 Å². The first-order valence-corrected chi connectivity index (χ1v) is 13.2. The Morgan fingerprint density at radius 1 is 1.00 bits per heavy atom. The third-order valence-corrected chi connectivity index (χ3v) is 9.34. The van der Waals surface area contributed by atoms with Gasteiger partial charge in [-0.1, -0.05) is 37.3 Å². The Labute approximate surface area is 186 Å². The van der Waals surface area contributed by atoms with E-state index in [1.54, 1.807) is 25.3 Å². The first kappa shape index (κ1) is 20.8. The number of sulfone groups is 1. The SMILES string of the molecule is CCC=CS(=O)(=O)c1ccccc1-c1ccc(OC)c(C23CC4CC(CC(C4)C2)C3)c1. The van der Waals surface area contributed by atoms with Gasteiger partial charge in [0, 0.05) is 16.5 Å². The van der Waals surface area contributed by atoms with Crippen molar-refractivity contribution < 1.29 is 13.2 Å². The quantitative estimate of drug-likeness (QED) is 0.517. The molecule has 2 aromatic rings. The van der Waals surface area contributed by atoms with Gasteiger partial charge < -0.3 is 4.74 Å². The number of benzene rings is 2. The van der Waals surface area contributed by atoms with Crippen LogP contribution in [0.15, 0.2) is 58.8 Å². The second kappa shape index (κ2) is 7.81. The van der Waals surface area contributed by atoms with E-state index in [0.717, 1.165) is 34.6 Å². The molecule has 0 aliphatic heterocycles. The Bertz CT molecular complexity index is 1080. The zero-order valence-corrected chi connectivity index (χ0v) is 19.3. The summed E-state index contributed by atoms with van der Waals surface area (Å²) < 4.78 is 31.9. The van der Waals surface area contributed by atoms with E-state index in [9.17, 15) is 8.42 Å². The average molecular weight is 437 g/mol. The molecule has 31 heavy (non-hydrogen) atoms. The monoisotopic (exact) mass is 436 g/mol. The summed E-state index contributed by atoms with van der Waals surface area (Å²) >= 11 is 0. The highest BCUT2D eigenvalue weighted by molar-refractivity contribution is 7.94. The third kappa shape index (κ3) is 3.63. The Kier molecular flexibility index (Phi) is 5.24. The second-order valence-electron chi connectivity index (χ2n) is 9.93. The molecule has 0 unspecified atom stereocenters. The molecule has 0 aromatic heterocycles. The van der Waals surface area contributed by atoms with Gasteiger partial charge in [-0.2, -0.15) is 0 Å². The fraction of sp³-hybridized carbons (Fsp3) is 0.481. The number of hydrogen-bond acceptors (Lipinski definition) is 3. The third-order valence-electron chi connectivity index (χ3n) is 7.82. The van der Waals surface area contributed by atoms with Crippen LogP contribution in [-0.4, -0.2) is 15.5 Å². The lowest BCUT2D eigenvalue weighted by molar-refractivity contribution is -0.00613. The van der Waals surface area contributed by atoms with Gasteiger partial charge in [0.25, 0.3) is 0 Å². The number of hydrogen-bond donors (Lipinski definition) is 0. The fourth-order valence-corrected chi connectivity index (χ4v) is 8.33. The van der Waals surface area contributed by atoms with Crippen LogP contribution in [0.3, 0.4) is 0 Å². The van der Waals surface area contributed by atoms with E-state index < -0.39 is 9.84 Å². The van der Waals surface area contributed by atoms with Crippen LogP contribution in [0.2, 0.25) is 0 Å². The molecule has 4 aliphatic carbocycles. The van der Waals surface area contributed by atoms with Crippen molar-refractivity contribution in [3.63, 3.8) is 0 Å². The molecule has 4 aliphatic rings. The van der Waals surface area contributed by atoms with E-state index in [-0.39, 0.29) is 5.41 Å². The summed E-state index contributed by atoms with van der Waals surface area (Å²) in [6.45, 7) is 1.94. The van der Waals surface area contributed by atoms with Gasteiger partial charge in [0.1, 0.15) is 5.75 Å². The van der Waals surface area contributed by atoms with Gasteiger partial charge in [-0.05, 0) is 91.9 Å². The van der Waals surface area contributed by atoms with Crippen LogP contribution in [0.25, 0.3) is 11.1 Å². The van der Waals surface area contributed by atoms with Crippen LogP contribution in [0.5, 0.6) is 5.75 Å². The molecule has 6 rings (SSSR count). The molecule has 4 saturated carbocycles. The van der Waals surface area contributed by atoms with Gasteiger partial charge in [-0.3, -0.25) is 0 Å². The topological polar surface area (TPSA) is 43.4 Å². The van der Waals surface area contributed by atoms with Gasteiger partial charge in [0.05, 0.1) is 12.0 Å². The molecule has 2 aromatic carbocycles. The molecule has 0 spiro atoms. The van der Waals surface area contributed by atoms with E-state index in [4.69, 9.17) is 4.74 Å². The summed E-state index contributed by atoms with van der Waals surface area (Å²) in [7, 11) is -1.73. The van der Waals surface area contributed by atoms with Crippen LogP contribution in [0, 0.1) is 17.8 Å². The maximum atomic E-state index is 13.0. The molecule has 0 amide bonds. The molecule has 0 heterocycles. The van der Waals surface area contributed by atoms with Crippen molar-refractivity contribution in [1.29, 1.82) is 0 Å². The first-order chi connectivity index (χ1) is 14.9. The predicted octanol–water partition coefficient (Wildman–Crippen LogP) is 6.53. The first-order valence-electron chi connectivity index (χ1n) is 11.6. The Hall–Kier alpha value is -2.07. The van der Waals surface area contributed by atoms with Crippen molar-refractivity contribution in [3.8, 4) is 16.9 Å². The zero-order valence-electron chi connectivity index (χ0n) is 18.5. The van der Waals surface area contributed by atoms with Crippen LogP contribution in [0.4, 0.5) is 0 Å². The molecule has 4 fully saturated rings. The van der Waals surface area contributed by atoms with Crippen molar-refractivity contribution in [2.24, 2.45) is 17.8 Å². The summed E-state index contributed by atoms with van der Waals surface area (Å²) in [6.07, 6.45) is 10.3. The van der Waals surface area contributed by atoms with Gasteiger partial charge in [-0.25, -0.2) is 8.42 Å². The minimum atomic E-state index is -3.49. The normalized spacial score (nSPS) is 29.5. The van der Waals surface area contributed by atoms with Gasteiger partial charge in [0.2, 0.25) is 0 Å². The highest BCUT2D eigenvalue weighted by atomic mass is 32.2. The molecule has 4 bridgehead atoms. The van der Waals surface area contributed by atoms with Gasteiger partial charge in [0.15, 0.2) is 9.84 Å². The Balaban J connectivity index is 1.62.